The van der Waals surface area contributed by atoms with Crippen LogP contribution in [-0.4, -0.2) is 30.4 Å². The van der Waals surface area contributed by atoms with E-state index in [0.29, 0.717) is 0 Å². The van der Waals surface area contributed by atoms with Crippen LogP contribution in [0.25, 0.3) is 0 Å². The summed E-state index contributed by atoms with van der Waals surface area (Å²) in [5.74, 6) is 0. The van der Waals surface area contributed by atoms with Crippen molar-refractivity contribution in [3.8, 4) is 0 Å². The molecule has 0 spiro atoms. The van der Waals surface area contributed by atoms with Crippen LogP contribution >= 0.6 is 0 Å². The summed E-state index contributed by atoms with van der Waals surface area (Å²) in [6.07, 6.45) is -0.0766. The van der Waals surface area contributed by atoms with Gasteiger partial charge in [0.2, 0.25) is 0 Å². The van der Waals surface area contributed by atoms with Gasteiger partial charge < -0.3 is 10.8 Å². The van der Waals surface area contributed by atoms with Gasteiger partial charge in [-0.25, -0.2) is 4.18 Å². The molecule has 0 aliphatic heterocycles. The van der Waals surface area contributed by atoms with E-state index in [1.165, 1.54) is 6.92 Å². The summed E-state index contributed by atoms with van der Waals surface area (Å²) >= 11 is 0. The molecule has 0 fully saturated rings. The Kier molecular flexibility index (Phi) is 3.39. The number of aliphatic hydroxyl groups is 1. The van der Waals surface area contributed by atoms with Crippen LogP contribution in [0, 0.1) is 0 Å². The first-order valence-corrected chi connectivity index (χ1v) is 4.21. The summed E-state index contributed by atoms with van der Waals surface area (Å²) in [6, 6.07) is 0. The number of hydrogen-bond donors (Lipinski definition) is 3. The van der Waals surface area contributed by atoms with Crippen LogP contribution in [0.4, 0.5) is 0 Å². The zero-order valence-electron chi connectivity index (χ0n) is 6.02. The highest BCUT2D eigenvalue weighted by molar-refractivity contribution is 7.80. The molecule has 7 heteroatoms. The maximum atomic E-state index is 10.1. The molecule has 1 unspecified atom stereocenters. The van der Waals surface area contributed by atoms with E-state index in [2.05, 4.69) is 4.18 Å². The fraction of sp³-hybridized carbons (Fsp3) is 1.00. The Hall–Kier alpha value is -0.210. The van der Waals surface area contributed by atoms with Gasteiger partial charge in [0.25, 0.3) is 0 Å². The minimum Gasteiger partial charge on any atom is -0.396 e. The molecule has 0 radical (unpaired) electrons. The lowest BCUT2D eigenvalue weighted by molar-refractivity contribution is 0.0593. The molecule has 4 N–H and O–H groups in total. The number of aliphatic hydroxyl groups excluding tert-OH is 1. The van der Waals surface area contributed by atoms with Crippen LogP contribution in [0.1, 0.15) is 13.3 Å². The summed E-state index contributed by atoms with van der Waals surface area (Å²) in [5, 5.41) is 8.36. The Balaban J connectivity index is 4.13. The van der Waals surface area contributed by atoms with Gasteiger partial charge in [-0.15, -0.1) is 0 Å². The van der Waals surface area contributed by atoms with E-state index in [1.807, 2.05) is 0 Å². The first-order valence-electron chi connectivity index (χ1n) is 2.85. The summed E-state index contributed by atoms with van der Waals surface area (Å²) in [7, 11) is -4.54. The van der Waals surface area contributed by atoms with E-state index in [0.717, 1.165) is 0 Å². The van der Waals surface area contributed by atoms with Crippen molar-refractivity contribution in [3.63, 3.8) is 0 Å². The molecule has 0 rings (SSSR count). The zero-order valence-corrected chi connectivity index (χ0v) is 6.84. The Morgan fingerprint density at radius 1 is 1.64 bits per heavy atom. The van der Waals surface area contributed by atoms with Crippen LogP contribution < -0.4 is 5.73 Å². The van der Waals surface area contributed by atoms with Crippen molar-refractivity contribution in [2.24, 2.45) is 5.73 Å². The van der Waals surface area contributed by atoms with Gasteiger partial charge in [-0.1, -0.05) is 0 Å². The monoisotopic (exact) mass is 185 g/mol. The van der Waals surface area contributed by atoms with E-state index in [-0.39, 0.29) is 13.0 Å². The molecule has 0 aliphatic carbocycles. The Morgan fingerprint density at radius 2 is 2.09 bits per heavy atom. The molecule has 0 aliphatic rings. The van der Waals surface area contributed by atoms with Crippen molar-refractivity contribution < 1.29 is 22.3 Å². The molecule has 0 aromatic carbocycles. The minimum atomic E-state index is -4.54. The Morgan fingerprint density at radius 3 is 2.36 bits per heavy atom. The lowest BCUT2D eigenvalue weighted by Gasteiger charge is -2.20. The first kappa shape index (κ1) is 10.8. The molecule has 0 aromatic rings. The molecule has 0 amide bonds. The van der Waals surface area contributed by atoms with Crippen LogP contribution in [0.2, 0.25) is 0 Å². The van der Waals surface area contributed by atoms with Crippen molar-refractivity contribution in [3.05, 3.63) is 0 Å². The molecule has 0 saturated carbocycles. The number of hydrogen-bond acceptors (Lipinski definition) is 5. The third-order valence-electron chi connectivity index (χ3n) is 0.904. The highest BCUT2D eigenvalue weighted by Crippen LogP contribution is 2.09. The van der Waals surface area contributed by atoms with Gasteiger partial charge in [0.1, 0.15) is 5.72 Å². The summed E-state index contributed by atoms with van der Waals surface area (Å²) in [5.41, 5.74) is 3.64. The lowest BCUT2D eigenvalue weighted by atomic mass is 10.2. The number of nitrogens with two attached hydrogens (primary N) is 1. The average molecular weight is 185 g/mol. The van der Waals surface area contributed by atoms with Gasteiger partial charge in [-0.2, -0.15) is 8.42 Å². The van der Waals surface area contributed by atoms with Crippen LogP contribution in [0.5, 0.6) is 0 Å². The molecular weight excluding hydrogens is 174 g/mol. The van der Waals surface area contributed by atoms with Crippen molar-refractivity contribution in [1.29, 1.82) is 0 Å². The SMILES string of the molecule is CC(N)(CCO)OS(=O)(=O)O. The third kappa shape index (κ3) is 6.20. The van der Waals surface area contributed by atoms with E-state index in [1.54, 1.807) is 0 Å². The molecule has 11 heavy (non-hydrogen) atoms. The second kappa shape index (κ2) is 3.46. The molecule has 0 heterocycles. The molecule has 0 bridgehead atoms. The summed E-state index contributed by atoms with van der Waals surface area (Å²) in [4.78, 5) is 0. The summed E-state index contributed by atoms with van der Waals surface area (Å²) in [6.45, 7) is 0.916. The van der Waals surface area contributed by atoms with Crippen molar-refractivity contribution in [2.45, 2.75) is 19.1 Å². The van der Waals surface area contributed by atoms with Crippen LogP contribution in [0.3, 0.4) is 0 Å². The smallest absolute Gasteiger partial charge is 0.396 e. The van der Waals surface area contributed by atoms with Gasteiger partial charge in [-0.3, -0.25) is 4.55 Å². The van der Waals surface area contributed by atoms with Crippen LogP contribution in [0.15, 0.2) is 0 Å². The normalized spacial score (nSPS) is 17.8. The van der Waals surface area contributed by atoms with E-state index in [4.69, 9.17) is 15.4 Å². The van der Waals surface area contributed by atoms with Gasteiger partial charge in [-0.05, 0) is 6.92 Å². The van der Waals surface area contributed by atoms with Crippen molar-refractivity contribution in [2.75, 3.05) is 6.61 Å². The largest absolute Gasteiger partial charge is 0.399 e. The Labute approximate surface area is 64.9 Å². The maximum Gasteiger partial charge on any atom is 0.399 e. The van der Waals surface area contributed by atoms with Crippen molar-refractivity contribution in [1.82, 2.24) is 0 Å². The van der Waals surface area contributed by atoms with Crippen LogP contribution in [-0.2, 0) is 14.6 Å². The van der Waals surface area contributed by atoms with Crippen molar-refractivity contribution >= 4 is 10.4 Å². The van der Waals surface area contributed by atoms with Gasteiger partial charge in [0, 0.05) is 13.0 Å². The second-order valence-electron chi connectivity index (χ2n) is 2.30. The highest BCUT2D eigenvalue weighted by Gasteiger charge is 2.25. The minimum absolute atomic E-state index is 0.0766. The molecule has 0 aromatic heterocycles. The lowest BCUT2D eigenvalue weighted by Crippen LogP contribution is -2.41. The van der Waals surface area contributed by atoms with Gasteiger partial charge in [0.05, 0.1) is 0 Å². The quantitative estimate of drug-likeness (QED) is 0.377. The predicted molar refractivity (Wildman–Crippen MR) is 36.9 cm³/mol. The fourth-order valence-corrected chi connectivity index (χ4v) is 1.07. The standard InChI is InChI=1S/C4H11NO5S/c1-4(5,2-3-6)10-11(7,8)9/h6H,2-3,5H2,1H3,(H,7,8,9). The molecule has 0 saturated heterocycles. The van der Waals surface area contributed by atoms with E-state index in [9.17, 15) is 8.42 Å². The van der Waals surface area contributed by atoms with Gasteiger partial charge in [0.15, 0.2) is 0 Å². The molecular formula is C4H11NO5S. The molecule has 68 valence electrons. The highest BCUT2D eigenvalue weighted by atomic mass is 32.3. The fourth-order valence-electron chi connectivity index (χ4n) is 0.504. The van der Waals surface area contributed by atoms with E-state index < -0.39 is 16.1 Å². The second-order valence-corrected chi connectivity index (χ2v) is 3.32. The maximum absolute atomic E-state index is 10.1. The van der Waals surface area contributed by atoms with E-state index >= 15 is 0 Å². The summed E-state index contributed by atoms with van der Waals surface area (Å²) < 4.78 is 32.4. The topological polar surface area (TPSA) is 110 Å². The Bertz CT molecular complexity index is 209. The average Bonchev–Trinajstić information content (AvgIpc) is 1.55. The zero-order chi connectivity index (χ0) is 9.12. The first-order chi connectivity index (χ1) is 4.77. The predicted octanol–water partition coefficient (Wildman–Crippen LogP) is -1.14. The van der Waals surface area contributed by atoms with Gasteiger partial charge >= 0.3 is 10.4 Å². The molecule has 1 atom stereocenters. The number of rotatable bonds is 4. The molecule has 6 nitrogen and oxygen atoms in total. The third-order valence-corrected chi connectivity index (χ3v) is 1.50.